The maximum atomic E-state index is 11.5. The summed E-state index contributed by atoms with van der Waals surface area (Å²) in [7, 11) is -2.88. The topological polar surface area (TPSA) is 89.3 Å². The molecule has 1 unspecified atom stereocenters. The summed E-state index contributed by atoms with van der Waals surface area (Å²) in [5.41, 5.74) is 0.864. The Balaban J connectivity index is 1.85. The predicted octanol–water partition coefficient (Wildman–Crippen LogP) is 1.14. The van der Waals surface area contributed by atoms with Crippen LogP contribution in [0.5, 0.6) is 0 Å². The molecule has 2 aliphatic rings. The highest BCUT2D eigenvalue weighted by Crippen LogP contribution is 2.32. The summed E-state index contributed by atoms with van der Waals surface area (Å²) in [5, 5.41) is 9.25. The van der Waals surface area contributed by atoms with Gasteiger partial charge in [0.2, 0.25) is 0 Å². The van der Waals surface area contributed by atoms with Crippen molar-refractivity contribution >= 4 is 15.8 Å². The molecule has 3 rings (SSSR count). The van der Waals surface area contributed by atoms with Crippen LogP contribution in [0.25, 0.3) is 0 Å². The maximum absolute atomic E-state index is 11.5. The van der Waals surface area contributed by atoms with Crippen molar-refractivity contribution in [3.8, 4) is 0 Å². The van der Waals surface area contributed by atoms with Crippen molar-refractivity contribution in [2.75, 3.05) is 11.5 Å². The molecule has 20 heavy (non-hydrogen) atoms. The van der Waals surface area contributed by atoms with Crippen LogP contribution in [0.2, 0.25) is 0 Å². The number of hydrogen-bond acceptors (Lipinski definition) is 4. The fraction of sp³-hybridized carbons (Fsp3) is 0.692. The van der Waals surface area contributed by atoms with E-state index in [1.54, 1.807) is 4.57 Å². The Kier molecular flexibility index (Phi) is 3.32. The van der Waals surface area contributed by atoms with Gasteiger partial charge in [0.15, 0.2) is 0 Å². The lowest BCUT2D eigenvalue weighted by Crippen LogP contribution is -2.24. The van der Waals surface area contributed by atoms with Gasteiger partial charge in [0.1, 0.15) is 21.7 Å². The second-order valence-corrected chi connectivity index (χ2v) is 7.97. The molecule has 0 spiro atoms. The van der Waals surface area contributed by atoms with Crippen molar-refractivity contribution < 1.29 is 18.3 Å². The Bertz CT molecular complexity index is 621. The number of aryl methyl sites for hydroxylation is 1. The highest BCUT2D eigenvalue weighted by Gasteiger charge is 2.31. The molecule has 7 heteroatoms. The predicted molar refractivity (Wildman–Crippen MR) is 72.5 cm³/mol. The first-order chi connectivity index (χ1) is 9.46. The Morgan fingerprint density at radius 3 is 2.65 bits per heavy atom. The molecule has 6 nitrogen and oxygen atoms in total. The van der Waals surface area contributed by atoms with E-state index in [1.165, 1.54) is 0 Å². The fourth-order valence-electron chi connectivity index (χ4n) is 3.13. The highest BCUT2D eigenvalue weighted by molar-refractivity contribution is 7.91. The van der Waals surface area contributed by atoms with Crippen molar-refractivity contribution in [2.24, 2.45) is 0 Å². The molecule has 1 fully saturated rings. The van der Waals surface area contributed by atoms with Crippen LogP contribution >= 0.6 is 0 Å². The van der Waals surface area contributed by atoms with Crippen molar-refractivity contribution in [3.63, 3.8) is 0 Å². The average molecular weight is 298 g/mol. The number of carboxylic acid groups (broad SMARTS) is 1. The molecule has 1 saturated heterocycles. The van der Waals surface area contributed by atoms with E-state index in [0.717, 1.165) is 24.4 Å². The van der Waals surface area contributed by atoms with Crippen molar-refractivity contribution in [2.45, 2.75) is 44.1 Å². The van der Waals surface area contributed by atoms with Crippen LogP contribution < -0.4 is 0 Å². The van der Waals surface area contributed by atoms with E-state index in [1.807, 2.05) is 6.20 Å². The van der Waals surface area contributed by atoms with Gasteiger partial charge in [-0.15, -0.1) is 0 Å². The lowest BCUT2D eigenvalue weighted by Gasteiger charge is -2.21. The summed E-state index contributed by atoms with van der Waals surface area (Å²) >= 11 is 0. The van der Waals surface area contributed by atoms with Crippen LogP contribution in [-0.4, -0.2) is 40.6 Å². The van der Waals surface area contributed by atoms with E-state index < -0.39 is 21.8 Å². The number of imidazole rings is 1. The summed E-state index contributed by atoms with van der Waals surface area (Å²) in [5.74, 6) is 0.573. The summed E-state index contributed by atoms with van der Waals surface area (Å²) in [6.45, 7) is 0. The summed E-state index contributed by atoms with van der Waals surface area (Å²) in [4.78, 5) is 15.8. The lowest BCUT2D eigenvalue weighted by molar-refractivity contribution is -0.141. The van der Waals surface area contributed by atoms with Gasteiger partial charge in [0.05, 0.1) is 17.2 Å². The minimum atomic E-state index is -2.88. The standard InChI is InChI=1S/C13H18N2O4S/c16-13(17)11-2-1-3-12-14-10(8-15(11)12)9-4-6-20(18,19)7-5-9/h8-9,11H,1-7H2,(H,16,17). The number of hydrogen-bond donors (Lipinski definition) is 1. The van der Waals surface area contributed by atoms with Crippen LogP contribution in [0, 0.1) is 0 Å². The molecule has 1 N–H and O–H groups in total. The molecule has 110 valence electrons. The highest BCUT2D eigenvalue weighted by atomic mass is 32.2. The molecular weight excluding hydrogens is 280 g/mol. The molecule has 0 aromatic carbocycles. The zero-order chi connectivity index (χ0) is 14.3. The summed E-state index contributed by atoms with van der Waals surface area (Å²) < 4.78 is 24.7. The van der Waals surface area contributed by atoms with Crippen LogP contribution in [0.3, 0.4) is 0 Å². The third-order valence-electron chi connectivity index (χ3n) is 4.30. The first-order valence-corrected chi connectivity index (χ1v) is 8.79. The molecule has 0 bridgehead atoms. The third-order valence-corrected chi connectivity index (χ3v) is 6.01. The van der Waals surface area contributed by atoms with Gasteiger partial charge in [-0.25, -0.2) is 18.2 Å². The van der Waals surface area contributed by atoms with Crippen molar-refractivity contribution in [3.05, 3.63) is 17.7 Å². The van der Waals surface area contributed by atoms with E-state index in [4.69, 9.17) is 0 Å². The van der Waals surface area contributed by atoms with Crippen molar-refractivity contribution in [1.82, 2.24) is 9.55 Å². The molecule has 0 amide bonds. The van der Waals surface area contributed by atoms with Gasteiger partial charge in [0, 0.05) is 18.5 Å². The molecule has 1 atom stereocenters. The molecule has 3 heterocycles. The van der Waals surface area contributed by atoms with Gasteiger partial charge in [-0.1, -0.05) is 0 Å². The number of aliphatic carboxylic acids is 1. The molecule has 0 saturated carbocycles. The SMILES string of the molecule is O=C(O)C1CCCc2nc(C3CCS(=O)(=O)CC3)cn21. The largest absolute Gasteiger partial charge is 0.480 e. The Morgan fingerprint density at radius 2 is 2.00 bits per heavy atom. The molecular formula is C13H18N2O4S. The third kappa shape index (κ3) is 2.46. The minimum absolute atomic E-state index is 0.145. The smallest absolute Gasteiger partial charge is 0.326 e. The van der Waals surface area contributed by atoms with Gasteiger partial charge in [-0.2, -0.15) is 0 Å². The summed E-state index contributed by atoms with van der Waals surface area (Å²) in [6, 6.07) is -0.521. The van der Waals surface area contributed by atoms with Crippen molar-refractivity contribution in [1.29, 1.82) is 0 Å². The van der Waals surface area contributed by atoms with Gasteiger partial charge in [0.25, 0.3) is 0 Å². The maximum Gasteiger partial charge on any atom is 0.326 e. The molecule has 1 aromatic rings. The average Bonchev–Trinajstić information content (AvgIpc) is 2.81. The Hall–Kier alpha value is -1.37. The first kappa shape index (κ1) is 13.6. The van der Waals surface area contributed by atoms with Crippen LogP contribution in [0.1, 0.15) is 49.2 Å². The van der Waals surface area contributed by atoms with E-state index in [2.05, 4.69) is 4.98 Å². The minimum Gasteiger partial charge on any atom is -0.480 e. The number of carboxylic acids is 1. The zero-order valence-electron chi connectivity index (χ0n) is 11.2. The zero-order valence-corrected chi connectivity index (χ0v) is 12.0. The number of sulfone groups is 1. The molecule has 1 aromatic heterocycles. The summed E-state index contributed by atoms with van der Waals surface area (Å²) in [6.07, 6.45) is 5.29. The number of aromatic nitrogens is 2. The van der Waals surface area contributed by atoms with Crippen LogP contribution in [-0.2, 0) is 21.1 Å². The number of rotatable bonds is 2. The normalized spacial score (nSPS) is 26.1. The quantitative estimate of drug-likeness (QED) is 0.884. The second-order valence-electron chi connectivity index (χ2n) is 5.66. The Labute approximate surface area is 117 Å². The first-order valence-electron chi connectivity index (χ1n) is 6.97. The Morgan fingerprint density at radius 1 is 1.30 bits per heavy atom. The van der Waals surface area contributed by atoms with E-state index in [-0.39, 0.29) is 17.4 Å². The molecule has 2 aliphatic heterocycles. The molecule has 0 aliphatic carbocycles. The van der Waals surface area contributed by atoms with Crippen LogP contribution in [0.4, 0.5) is 0 Å². The fourth-order valence-corrected chi connectivity index (χ4v) is 4.62. The van der Waals surface area contributed by atoms with E-state index in [9.17, 15) is 18.3 Å². The van der Waals surface area contributed by atoms with E-state index in [0.29, 0.717) is 19.3 Å². The monoisotopic (exact) mass is 298 g/mol. The number of nitrogens with zero attached hydrogens (tertiary/aromatic N) is 2. The van der Waals surface area contributed by atoms with Gasteiger partial charge < -0.3 is 9.67 Å². The number of carbonyl (C=O) groups is 1. The van der Waals surface area contributed by atoms with Gasteiger partial charge >= 0.3 is 5.97 Å². The molecule has 0 radical (unpaired) electrons. The van der Waals surface area contributed by atoms with Crippen LogP contribution in [0.15, 0.2) is 6.20 Å². The van der Waals surface area contributed by atoms with Gasteiger partial charge in [-0.05, 0) is 25.7 Å². The second kappa shape index (κ2) is 4.87. The lowest BCUT2D eigenvalue weighted by atomic mass is 10.00. The number of fused-ring (bicyclic) bond motifs is 1. The van der Waals surface area contributed by atoms with Gasteiger partial charge in [-0.3, -0.25) is 0 Å². The van der Waals surface area contributed by atoms with E-state index >= 15 is 0 Å².